The van der Waals surface area contributed by atoms with Gasteiger partial charge in [-0.2, -0.15) is 0 Å². The van der Waals surface area contributed by atoms with Crippen LogP contribution in [-0.4, -0.2) is 19.3 Å². The smallest absolute Gasteiger partial charge is 0.123 e. The van der Waals surface area contributed by atoms with Gasteiger partial charge in [-0.05, 0) is 62.9 Å². The Labute approximate surface area is 128 Å². The van der Waals surface area contributed by atoms with E-state index >= 15 is 0 Å². The van der Waals surface area contributed by atoms with Crippen LogP contribution in [0.4, 0.5) is 4.39 Å². The first-order valence-corrected chi connectivity index (χ1v) is 8.09. The van der Waals surface area contributed by atoms with E-state index in [-0.39, 0.29) is 17.5 Å². The number of likely N-dealkylation sites (N-methyl/N-ethyl adjacent to an activating group) is 1. The van der Waals surface area contributed by atoms with Crippen molar-refractivity contribution in [3.8, 4) is 0 Å². The van der Waals surface area contributed by atoms with Crippen molar-refractivity contribution in [1.29, 1.82) is 0 Å². The third kappa shape index (κ3) is 3.64. The van der Waals surface area contributed by atoms with E-state index in [2.05, 4.69) is 18.3 Å². The lowest BCUT2D eigenvalue weighted by atomic mass is 9.72. The molecule has 0 radical (unpaired) electrons. The Morgan fingerprint density at radius 1 is 1.43 bits per heavy atom. The second-order valence-corrected chi connectivity index (χ2v) is 6.48. The predicted molar refractivity (Wildman–Crippen MR) is 84.9 cm³/mol. The SMILES string of the molecule is CCOC1(C(NC)c2cc(C)cc(F)c2)CCCC(C)C1. The number of hydrogen-bond acceptors (Lipinski definition) is 2. The van der Waals surface area contributed by atoms with Gasteiger partial charge in [0.2, 0.25) is 0 Å². The van der Waals surface area contributed by atoms with Crippen LogP contribution < -0.4 is 5.32 Å². The number of benzene rings is 1. The van der Waals surface area contributed by atoms with Gasteiger partial charge in [-0.1, -0.05) is 25.8 Å². The van der Waals surface area contributed by atoms with E-state index in [1.54, 1.807) is 12.1 Å². The minimum atomic E-state index is -0.221. The van der Waals surface area contributed by atoms with E-state index < -0.39 is 0 Å². The quantitative estimate of drug-likeness (QED) is 0.870. The lowest BCUT2D eigenvalue weighted by Crippen LogP contribution is -2.48. The van der Waals surface area contributed by atoms with Crippen LogP contribution >= 0.6 is 0 Å². The molecule has 3 unspecified atom stereocenters. The molecule has 0 heterocycles. The molecular formula is C18H28FNO. The Morgan fingerprint density at radius 2 is 2.19 bits per heavy atom. The highest BCUT2D eigenvalue weighted by atomic mass is 19.1. The molecule has 118 valence electrons. The van der Waals surface area contributed by atoms with Gasteiger partial charge in [0, 0.05) is 6.61 Å². The summed E-state index contributed by atoms with van der Waals surface area (Å²) < 4.78 is 20.1. The molecule has 0 bridgehead atoms. The van der Waals surface area contributed by atoms with Crippen molar-refractivity contribution >= 4 is 0 Å². The molecule has 0 spiro atoms. The van der Waals surface area contributed by atoms with Crippen LogP contribution in [0.3, 0.4) is 0 Å². The maximum Gasteiger partial charge on any atom is 0.123 e. The van der Waals surface area contributed by atoms with Crippen LogP contribution in [-0.2, 0) is 4.74 Å². The molecule has 1 aliphatic rings. The zero-order chi connectivity index (χ0) is 15.5. The Balaban J connectivity index is 2.39. The topological polar surface area (TPSA) is 21.3 Å². The first-order chi connectivity index (χ1) is 10.0. The first-order valence-electron chi connectivity index (χ1n) is 8.09. The van der Waals surface area contributed by atoms with Crippen molar-refractivity contribution in [2.24, 2.45) is 5.92 Å². The standard InChI is InChI=1S/C18H28FNO/c1-5-21-18(8-6-7-13(2)12-18)17(20-4)15-9-14(3)10-16(19)11-15/h9-11,13,17,20H,5-8,12H2,1-4H3. The summed E-state index contributed by atoms with van der Waals surface area (Å²) in [5.74, 6) is 0.483. The summed E-state index contributed by atoms with van der Waals surface area (Å²) in [7, 11) is 1.95. The number of hydrogen-bond donors (Lipinski definition) is 1. The maximum absolute atomic E-state index is 13.8. The summed E-state index contributed by atoms with van der Waals surface area (Å²) in [6.07, 6.45) is 4.50. The fourth-order valence-corrected chi connectivity index (χ4v) is 3.97. The Hall–Kier alpha value is -0.930. The fourth-order valence-electron chi connectivity index (χ4n) is 3.97. The van der Waals surface area contributed by atoms with E-state index in [0.717, 1.165) is 24.0 Å². The molecule has 1 aliphatic carbocycles. The second kappa shape index (κ2) is 6.89. The Kier molecular flexibility index (Phi) is 5.39. The summed E-state index contributed by atoms with van der Waals surface area (Å²) in [4.78, 5) is 0. The van der Waals surface area contributed by atoms with Crippen molar-refractivity contribution in [3.05, 3.63) is 35.1 Å². The molecule has 1 saturated carbocycles. The van der Waals surface area contributed by atoms with Gasteiger partial charge in [0.25, 0.3) is 0 Å². The van der Waals surface area contributed by atoms with Crippen molar-refractivity contribution in [2.75, 3.05) is 13.7 Å². The van der Waals surface area contributed by atoms with E-state index in [0.29, 0.717) is 12.5 Å². The predicted octanol–water partition coefficient (Wildman–Crippen LogP) is 4.38. The zero-order valence-corrected chi connectivity index (χ0v) is 13.7. The number of nitrogens with one attached hydrogen (secondary N) is 1. The average molecular weight is 293 g/mol. The highest BCUT2D eigenvalue weighted by molar-refractivity contribution is 5.29. The molecule has 0 aliphatic heterocycles. The molecule has 0 aromatic heterocycles. The molecular weight excluding hydrogens is 265 g/mol. The van der Waals surface area contributed by atoms with Crippen LogP contribution in [0, 0.1) is 18.7 Å². The van der Waals surface area contributed by atoms with Gasteiger partial charge in [0.05, 0.1) is 11.6 Å². The number of aryl methyl sites for hydroxylation is 1. The van der Waals surface area contributed by atoms with E-state index in [4.69, 9.17) is 4.74 Å². The van der Waals surface area contributed by atoms with Gasteiger partial charge >= 0.3 is 0 Å². The molecule has 2 nitrogen and oxygen atoms in total. The lowest BCUT2D eigenvalue weighted by molar-refractivity contribution is -0.100. The monoisotopic (exact) mass is 293 g/mol. The van der Waals surface area contributed by atoms with Crippen LogP contribution in [0.5, 0.6) is 0 Å². The van der Waals surface area contributed by atoms with Crippen LogP contribution in [0.1, 0.15) is 56.7 Å². The number of ether oxygens (including phenoxy) is 1. The zero-order valence-electron chi connectivity index (χ0n) is 13.7. The molecule has 1 N–H and O–H groups in total. The average Bonchev–Trinajstić information content (AvgIpc) is 2.38. The van der Waals surface area contributed by atoms with Gasteiger partial charge in [-0.25, -0.2) is 4.39 Å². The van der Waals surface area contributed by atoms with E-state index in [1.807, 2.05) is 20.9 Å². The normalized spacial score (nSPS) is 27.6. The van der Waals surface area contributed by atoms with Crippen LogP contribution in [0.15, 0.2) is 18.2 Å². The molecule has 3 atom stereocenters. The third-order valence-corrected chi connectivity index (χ3v) is 4.64. The van der Waals surface area contributed by atoms with Gasteiger partial charge in [-0.15, -0.1) is 0 Å². The molecule has 2 rings (SSSR count). The van der Waals surface area contributed by atoms with Crippen molar-refractivity contribution in [1.82, 2.24) is 5.32 Å². The number of halogens is 1. The molecule has 1 aromatic carbocycles. The second-order valence-electron chi connectivity index (χ2n) is 6.48. The van der Waals surface area contributed by atoms with Crippen molar-refractivity contribution in [2.45, 2.75) is 58.1 Å². The number of rotatable bonds is 5. The van der Waals surface area contributed by atoms with E-state index in [9.17, 15) is 4.39 Å². The summed E-state index contributed by atoms with van der Waals surface area (Å²) in [5.41, 5.74) is 1.74. The van der Waals surface area contributed by atoms with Crippen molar-refractivity contribution in [3.63, 3.8) is 0 Å². The molecule has 3 heteroatoms. The minimum Gasteiger partial charge on any atom is -0.373 e. The van der Waals surface area contributed by atoms with Crippen LogP contribution in [0.25, 0.3) is 0 Å². The first kappa shape index (κ1) is 16.4. The summed E-state index contributed by atoms with van der Waals surface area (Å²) in [6.45, 7) is 6.97. The molecule has 1 fully saturated rings. The maximum atomic E-state index is 13.8. The minimum absolute atomic E-state index is 0.0367. The molecule has 0 amide bonds. The van der Waals surface area contributed by atoms with Crippen molar-refractivity contribution < 1.29 is 9.13 Å². The Bertz CT molecular complexity index is 452. The van der Waals surface area contributed by atoms with E-state index in [1.165, 1.54) is 12.8 Å². The van der Waals surface area contributed by atoms with Crippen LogP contribution in [0.2, 0.25) is 0 Å². The summed E-state index contributed by atoms with van der Waals surface area (Å²) in [6, 6.07) is 5.33. The van der Waals surface area contributed by atoms with Gasteiger partial charge in [0.1, 0.15) is 5.82 Å². The molecule has 21 heavy (non-hydrogen) atoms. The largest absolute Gasteiger partial charge is 0.373 e. The summed E-state index contributed by atoms with van der Waals surface area (Å²) in [5, 5.41) is 3.40. The Morgan fingerprint density at radius 3 is 2.76 bits per heavy atom. The highest BCUT2D eigenvalue weighted by Gasteiger charge is 2.43. The van der Waals surface area contributed by atoms with Gasteiger partial charge in [-0.3, -0.25) is 0 Å². The third-order valence-electron chi connectivity index (χ3n) is 4.64. The molecule has 0 saturated heterocycles. The van der Waals surface area contributed by atoms with Gasteiger partial charge in [0.15, 0.2) is 0 Å². The lowest BCUT2D eigenvalue weighted by Gasteiger charge is -2.45. The molecule has 1 aromatic rings. The summed E-state index contributed by atoms with van der Waals surface area (Å²) >= 11 is 0. The van der Waals surface area contributed by atoms with Gasteiger partial charge < -0.3 is 10.1 Å². The fraction of sp³-hybridized carbons (Fsp3) is 0.667. The highest BCUT2D eigenvalue weighted by Crippen LogP contribution is 2.43.